The molecule has 0 aliphatic carbocycles. The van der Waals surface area contributed by atoms with Crippen molar-refractivity contribution >= 4 is 6.21 Å². The van der Waals surface area contributed by atoms with Crippen molar-refractivity contribution in [3.8, 4) is 0 Å². The van der Waals surface area contributed by atoms with E-state index in [-0.39, 0.29) is 18.1 Å². The number of benzene rings is 1. The molecule has 0 radical (unpaired) electrons. The van der Waals surface area contributed by atoms with Crippen molar-refractivity contribution in [2.24, 2.45) is 10.7 Å². The molecule has 1 aliphatic heterocycles. The summed E-state index contributed by atoms with van der Waals surface area (Å²) in [7, 11) is 0. The number of nitrogens with zero attached hydrogens (tertiary/aromatic N) is 1. The number of nitrogens with two attached hydrogens (primary N) is 1. The van der Waals surface area contributed by atoms with Crippen molar-refractivity contribution in [1.29, 1.82) is 0 Å². The number of ether oxygens (including phenoxy) is 1. The lowest BCUT2D eigenvalue weighted by atomic mass is 9.93. The number of rotatable bonds is 8. The second kappa shape index (κ2) is 18.0. The minimum absolute atomic E-state index is 0.111. The van der Waals surface area contributed by atoms with Gasteiger partial charge in [-0.3, -0.25) is 4.99 Å². The van der Waals surface area contributed by atoms with Gasteiger partial charge >= 0.3 is 0 Å². The third-order valence-corrected chi connectivity index (χ3v) is 6.02. The van der Waals surface area contributed by atoms with Crippen molar-refractivity contribution in [2.45, 2.75) is 118 Å². The van der Waals surface area contributed by atoms with Crippen molar-refractivity contribution in [2.75, 3.05) is 0 Å². The molecule has 1 aliphatic rings. The zero-order valence-electron chi connectivity index (χ0n) is 24.8. The molecule has 0 aromatic heterocycles. The summed E-state index contributed by atoms with van der Waals surface area (Å²) in [6.45, 7) is 16.9. The van der Waals surface area contributed by atoms with Gasteiger partial charge < -0.3 is 20.7 Å². The van der Waals surface area contributed by atoms with Gasteiger partial charge in [-0.05, 0) is 90.5 Å². The molecule has 1 aromatic rings. The molecular formula is C31H50F2N2O3. The summed E-state index contributed by atoms with van der Waals surface area (Å²) in [6.07, 6.45) is 11.7. The van der Waals surface area contributed by atoms with E-state index in [0.717, 1.165) is 54.6 Å². The first-order chi connectivity index (χ1) is 17.7. The highest BCUT2D eigenvalue weighted by Crippen LogP contribution is 2.31. The zero-order valence-corrected chi connectivity index (χ0v) is 24.8. The summed E-state index contributed by atoms with van der Waals surface area (Å²) in [5, 5.41) is 16.2. The minimum Gasteiger partial charge on any atom is -0.398 e. The van der Waals surface area contributed by atoms with Crippen LogP contribution in [-0.2, 0) is 4.74 Å². The summed E-state index contributed by atoms with van der Waals surface area (Å²) in [6, 6.07) is 4.08. The number of unbranched alkanes of at least 4 members (excludes halogenated alkanes) is 1. The van der Waals surface area contributed by atoms with Gasteiger partial charge in [-0.25, -0.2) is 8.78 Å². The Morgan fingerprint density at radius 2 is 1.79 bits per heavy atom. The van der Waals surface area contributed by atoms with E-state index in [4.69, 9.17) is 20.7 Å². The van der Waals surface area contributed by atoms with Crippen molar-refractivity contribution < 1.29 is 23.7 Å². The molecule has 5 nitrogen and oxygen atoms in total. The fraction of sp³-hybridized carbons (Fsp3) is 0.581. The van der Waals surface area contributed by atoms with Crippen LogP contribution in [0, 0.1) is 11.6 Å². The van der Waals surface area contributed by atoms with Crippen LogP contribution in [-0.4, -0.2) is 34.4 Å². The molecule has 216 valence electrons. The third-order valence-electron chi connectivity index (χ3n) is 6.02. The second-order valence-electron chi connectivity index (χ2n) is 10.1. The average Bonchev–Trinajstić information content (AvgIpc) is 3.28. The third kappa shape index (κ3) is 14.6. The largest absolute Gasteiger partial charge is 0.398 e. The minimum atomic E-state index is -1.50. The zero-order chi connectivity index (χ0) is 29.5. The number of aliphatic hydroxyl groups is 2. The van der Waals surface area contributed by atoms with Crippen LogP contribution in [0.5, 0.6) is 0 Å². The van der Waals surface area contributed by atoms with Gasteiger partial charge in [0.2, 0.25) is 0 Å². The smallest absolute Gasteiger partial charge is 0.159 e. The maximum atomic E-state index is 13.1. The number of allylic oxidation sites excluding steroid dienone is 4. The maximum Gasteiger partial charge on any atom is 0.159 e. The molecule has 2 rings (SSSR count). The summed E-state index contributed by atoms with van der Waals surface area (Å²) in [5.41, 5.74) is 11.1. The lowest BCUT2D eigenvalue weighted by Gasteiger charge is -2.20. The molecule has 3 atom stereocenters. The summed E-state index contributed by atoms with van der Waals surface area (Å²) >= 11 is 0. The number of hydrogen-bond acceptors (Lipinski definition) is 5. The Morgan fingerprint density at radius 3 is 2.24 bits per heavy atom. The Bertz CT molecular complexity index is 956. The topological polar surface area (TPSA) is 88.1 Å². The van der Waals surface area contributed by atoms with Gasteiger partial charge in [-0.15, -0.1) is 0 Å². The summed E-state index contributed by atoms with van der Waals surface area (Å²) < 4.78 is 31.6. The van der Waals surface area contributed by atoms with Crippen LogP contribution in [0.4, 0.5) is 8.78 Å². The van der Waals surface area contributed by atoms with Gasteiger partial charge in [0.05, 0.1) is 12.2 Å². The maximum absolute atomic E-state index is 13.1. The van der Waals surface area contributed by atoms with Crippen molar-refractivity contribution in [3.05, 3.63) is 70.1 Å². The highest BCUT2D eigenvalue weighted by atomic mass is 19.2. The van der Waals surface area contributed by atoms with Crippen LogP contribution in [0.25, 0.3) is 0 Å². The molecule has 1 heterocycles. The van der Waals surface area contributed by atoms with E-state index in [1.165, 1.54) is 31.6 Å². The van der Waals surface area contributed by atoms with Crippen LogP contribution >= 0.6 is 0 Å². The Labute approximate surface area is 229 Å². The normalized spacial score (nSPS) is 19.8. The first-order valence-corrected chi connectivity index (χ1v) is 13.5. The van der Waals surface area contributed by atoms with E-state index < -0.39 is 17.4 Å². The van der Waals surface area contributed by atoms with E-state index in [2.05, 4.69) is 37.9 Å². The van der Waals surface area contributed by atoms with Gasteiger partial charge in [0.1, 0.15) is 0 Å². The molecule has 1 aromatic carbocycles. The summed E-state index contributed by atoms with van der Waals surface area (Å²) in [5.74, 6) is -2.97. The molecular weight excluding hydrogens is 486 g/mol. The van der Waals surface area contributed by atoms with E-state index >= 15 is 0 Å². The predicted molar refractivity (Wildman–Crippen MR) is 155 cm³/mol. The highest BCUT2D eigenvalue weighted by Gasteiger charge is 2.28. The number of hydrogen-bond donors (Lipinski definition) is 3. The van der Waals surface area contributed by atoms with Crippen LogP contribution in [0.15, 0.2) is 57.9 Å². The molecule has 1 saturated heterocycles. The molecule has 0 spiro atoms. The lowest BCUT2D eigenvalue weighted by Crippen LogP contribution is -2.16. The molecule has 4 N–H and O–H groups in total. The molecule has 38 heavy (non-hydrogen) atoms. The van der Waals surface area contributed by atoms with Crippen LogP contribution in [0.1, 0.15) is 106 Å². The van der Waals surface area contributed by atoms with Crippen LogP contribution < -0.4 is 5.73 Å². The van der Waals surface area contributed by atoms with Gasteiger partial charge in [0, 0.05) is 29.1 Å². The predicted octanol–water partition coefficient (Wildman–Crippen LogP) is 7.69. The first kappa shape index (κ1) is 35.6. The fourth-order valence-electron chi connectivity index (χ4n) is 3.67. The monoisotopic (exact) mass is 536 g/mol. The van der Waals surface area contributed by atoms with Crippen molar-refractivity contribution in [1.82, 2.24) is 0 Å². The van der Waals surface area contributed by atoms with Gasteiger partial charge in [0.15, 0.2) is 17.4 Å². The number of halogens is 2. The van der Waals surface area contributed by atoms with E-state index in [1.54, 1.807) is 12.3 Å². The summed E-state index contributed by atoms with van der Waals surface area (Å²) in [4.78, 5) is 4.33. The highest BCUT2D eigenvalue weighted by molar-refractivity contribution is 5.57. The first-order valence-electron chi connectivity index (χ1n) is 13.5. The SMILES string of the molecule is CC(C)(O)O.CC1CCC(C(C)c2ccc(F)c(F)c2)O1.CC=N/C(C)=C(/C=C\CCC)C(\N)=C(/C)CC. The Balaban J connectivity index is 0.000000613. The Morgan fingerprint density at radius 1 is 1.18 bits per heavy atom. The van der Waals surface area contributed by atoms with Crippen LogP contribution in [0.2, 0.25) is 0 Å². The molecule has 0 amide bonds. The van der Waals surface area contributed by atoms with Gasteiger partial charge in [0.25, 0.3) is 0 Å². The average molecular weight is 537 g/mol. The molecule has 1 fully saturated rings. The van der Waals surface area contributed by atoms with Crippen LogP contribution in [0.3, 0.4) is 0 Å². The quantitative estimate of drug-likeness (QED) is 0.180. The van der Waals surface area contributed by atoms with Gasteiger partial charge in [-0.1, -0.05) is 45.4 Å². The molecule has 7 heteroatoms. The molecule has 3 unspecified atom stereocenters. The van der Waals surface area contributed by atoms with E-state index in [0.29, 0.717) is 0 Å². The van der Waals surface area contributed by atoms with E-state index in [9.17, 15) is 8.78 Å². The van der Waals surface area contributed by atoms with Gasteiger partial charge in [-0.2, -0.15) is 0 Å². The van der Waals surface area contributed by atoms with Crippen molar-refractivity contribution in [3.63, 3.8) is 0 Å². The fourth-order valence-corrected chi connectivity index (χ4v) is 3.67. The standard InChI is InChI=1S/C15H26N2.C13H16F2O.C3H8O2/c1-6-9-10-11-14(13(5)17-8-3)15(16)12(4)7-2;1-8-3-6-13(16-8)9(2)10-4-5-11(14)12(15)7-10;1-3(2,4)5/h8,10-11H,6-7,9,16H2,1-5H3;4-5,7-9,13H,3,6H2,1-2H3;4-5H,1-2H3/b11-10-,14-13-,15-12-,17-8?;;. The Hall–Kier alpha value is -2.35. The number of aliphatic imine (C=N–C) groups is 1. The van der Waals surface area contributed by atoms with E-state index in [1.807, 2.05) is 27.7 Å². The lowest BCUT2D eigenvalue weighted by molar-refractivity contribution is -0.127. The second-order valence-corrected chi connectivity index (χ2v) is 10.1. The Kier molecular flexibility index (Phi) is 16.9. The molecule has 0 saturated carbocycles. The molecule has 0 bridgehead atoms.